The molecule has 0 fully saturated rings. The number of esters is 1. The molecule has 114 valence electrons. The van der Waals surface area contributed by atoms with Crippen LogP contribution in [0.1, 0.15) is 10.4 Å². The number of nitrogens with one attached hydrogen (secondary N) is 2. The fraction of sp³-hybridized carbons (Fsp3) is 0.125. The maximum absolute atomic E-state index is 11.9. The van der Waals surface area contributed by atoms with Crippen molar-refractivity contribution in [2.24, 2.45) is 0 Å². The highest BCUT2D eigenvalue weighted by molar-refractivity contribution is 9.10. The SMILES string of the molecule is COC(=O)c1cccc(NC(=O)CNc2cccc(Br)c2)c1. The fourth-order valence-electron chi connectivity index (χ4n) is 1.83. The molecule has 0 radical (unpaired) electrons. The third kappa shape index (κ3) is 4.60. The lowest BCUT2D eigenvalue weighted by Crippen LogP contribution is -2.21. The highest BCUT2D eigenvalue weighted by atomic mass is 79.9. The summed E-state index contributed by atoms with van der Waals surface area (Å²) in [6, 6.07) is 14.1. The number of ether oxygens (including phenoxy) is 1. The lowest BCUT2D eigenvalue weighted by molar-refractivity contribution is -0.114. The van der Waals surface area contributed by atoms with Crippen molar-refractivity contribution in [3.8, 4) is 0 Å². The first-order valence-corrected chi connectivity index (χ1v) is 7.35. The Kier molecular flexibility index (Phi) is 5.55. The van der Waals surface area contributed by atoms with Crippen LogP contribution >= 0.6 is 15.9 Å². The highest BCUT2D eigenvalue weighted by Crippen LogP contribution is 2.15. The van der Waals surface area contributed by atoms with Crippen molar-refractivity contribution in [1.29, 1.82) is 0 Å². The van der Waals surface area contributed by atoms with Crippen LogP contribution in [0.4, 0.5) is 11.4 Å². The van der Waals surface area contributed by atoms with Crippen molar-refractivity contribution in [2.75, 3.05) is 24.3 Å². The predicted octanol–water partition coefficient (Wildman–Crippen LogP) is 3.29. The Morgan fingerprint density at radius 3 is 2.55 bits per heavy atom. The number of carbonyl (C=O) groups excluding carboxylic acids is 2. The number of carbonyl (C=O) groups is 2. The Morgan fingerprint density at radius 2 is 1.82 bits per heavy atom. The third-order valence-electron chi connectivity index (χ3n) is 2.85. The highest BCUT2D eigenvalue weighted by Gasteiger charge is 2.07. The second-order valence-corrected chi connectivity index (χ2v) is 5.40. The van der Waals surface area contributed by atoms with Crippen LogP contribution in [0.5, 0.6) is 0 Å². The van der Waals surface area contributed by atoms with E-state index in [0.717, 1.165) is 10.2 Å². The molecule has 0 aliphatic rings. The molecule has 0 atom stereocenters. The van der Waals surface area contributed by atoms with Gasteiger partial charge in [0, 0.05) is 15.8 Å². The Labute approximate surface area is 136 Å². The largest absolute Gasteiger partial charge is 0.465 e. The summed E-state index contributed by atoms with van der Waals surface area (Å²) in [5.74, 6) is -0.648. The molecule has 1 amide bonds. The van der Waals surface area contributed by atoms with Gasteiger partial charge >= 0.3 is 5.97 Å². The molecule has 6 heteroatoms. The molecule has 0 aromatic heterocycles. The number of methoxy groups -OCH3 is 1. The topological polar surface area (TPSA) is 67.4 Å². The number of hydrogen-bond donors (Lipinski definition) is 2. The van der Waals surface area contributed by atoms with E-state index in [4.69, 9.17) is 0 Å². The zero-order valence-corrected chi connectivity index (χ0v) is 13.5. The Hall–Kier alpha value is -2.34. The van der Waals surface area contributed by atoms with Gasteiger partial charge in [-0.2, -0.15) is 0 Å². The summed E-state index contributed by atoms with van der Waals surface area (Å²) in [6.45, 7) is 0.124. The maximum atomic E-state index is 11.9. The molecule has 22 heavy (non-hydrogen) atoms. The van der Waals surface area contributed by atoms with E-state index in [1.54, 1.807) is 24.3 Å². The van der Waals surface area contributed by atoms with E-state index < -0.39 is 5.97 Å². The first-order chi connectivity index (χ1) is 10.6. The molecule has 0 bridgehead atoms. The van der Waals surface area contributed by atoms with Crippen LogP contribution in [0.15, 0.2) is 53.0 Å². The van der Waals surface area contributed by atoms with Crippen LogP contribution in [-0.4, -0.2) is 25.5 Å². The van der Waals surface area contributed by atoms with E-state index in [0.29, 0.717) is 11.3 Å². The molecule has 2 aromatic carbocycles. The summed E-state index contributed by atoms with van der Waals surface area (Å²) in [4.78, 5) is 23.4. The zero-order chi connectivity index (χ0) is 15.9. The van der Waals surface area contributed by atoms with Gasteiger partial charge in [-0.05, 0) is 36.4 Å². The van der Waals surface area contributed by atoms with E-state index in [-0.39, 0.29) is 12.5 Å². The summed E-state index contributed by atoms with van der Waals surface area (Å²) in [6.07, 6.45) is 0. The smallest absolute Gasteiger partial charge is 0.337 e. The Morgan fingerprint density at radius 1 is 1.09 bits per heavy atom. The van der Waals surface area contributed by atoms with Gasteiger partial charge in [-0.3, -0.25) is 4.79 Å². The second-order valence-electron chi connectivity index (χ2n) is 4.48. The predicted molar refractivity (Wildman–Crippen MR) is 89.0 cm³/mol. The van der Waals surface area contributed by atoms with Crippen molar-refractivity contribution < 1.29 is 14.3 Å². The van der Waals surface area contributed by atoms with Crippen molar-refractivity contribution in [3.05, 3.63) is 58.6 Å². The minimum Gasteiger partial charge on any atom is -0.465 e. The number of benzene rings is 2. The summed E-state index contributed by atoms with van der Waals surface area (Å²) in [7, 11) is 1.31. The first-order valence-electron chi connectivity index (χ1n) is 6.56. The van der Waals surface area contributed by atoms with E-state index >= 15 is 0 Å². The van der Waals surface area contributed by atoms with Crippen molar-refractivity contribution in [2.45, 2.75) is 0 Å². The normalized spacial score (nSPS) is 9.91. The van der Waals surface area contributed by atoms with Crippen LogP contribution in [-0.2, 0) is 9.53 Å². The molecule has 0 aliphatic carbocycles. The van der Waals surface area contributed by atoms with Gasteiger partial charge in [0.1, 0.15) is 0 Å². The molecule has 5 nitrogen and oxygen atoms in total. The molecule has 2 aromatic rings. The van der Waals surface area contributed by atoms with Gasteiger partial charge in [0.25, 0.3) is 0 Å². The molecule has 0 unspecified atom stereocenters. The monoisotopic (exact) mass is 362 g/mol. The van der Waals surface area contributed by atoms with Gasteiger partial charge in [0.15, 0.2) is 0 Å². The number of halogens is 1. The molecule has 0 aliphatic heterocycles. The lowest BCUT2D eigenvalue weighted by atomic mass is 10.2. The van der Waals surface area contributed by atoms with Crippen LogP contribution in [0.3, 0.4) is 0 Å². The molecule has 0 saturated heterocycles. The van der Waals surface area contributed by atoms with Crippen LogP contribution in [0.25, 0.3) is 0 Å². The molecular weight excluding hydrogens is 348 g/mol. The number of rotatable bonds is 5. The van der Waals surface area contributed by atoms with Gasteiger partial charge in [-0.1, -0.05) is 28.1 Å². The summed E-state index contributed by atoms with van der Waals surface area (Å²) >= 11 is 3.37. The number of hydrogen-bond acceptors (Lipinski definition) is 4. The van der Waals surface area contributed by atoms with Gasteiger partial charge in [-0.15, -0.1) is 0 Å². The molecule has 0 saturated carbocycles. The molecule has 2 N–H and O–H groups in total. The van der Waals surface area contributed by atoms with Gasteiger partial charge in [0.05, 0.1) is 19.2 Å². The van der Waals surface area contributed by atoms with Crippen molar-refractivity contribution >= 4 is 39.2 Å². The average Bonchev–Trinajstić information content (AvgIpc) is 2.52. The lowest BCUT2D eigenvalue weighted by Gasteiger charge is -2.09. The maximum Gasteiger partial charge on any atom is 0.337 e. The standard InChI is InChI=1S/C16H15BrN2O3/c1-22-16(21)11-4-2-7-14(8-11)19-15(20)10-18-13-6-3-5-12(17)9-13/h2-9,18H,10H2,1H3,(H,19,20). The number of amides is 1. The molecule has 0 heterocycles. The quantitative estimate of drug-likeness (QED) is 0.800. The van der Waals surface area contributed by atoms with Gasteiger partial charge < -0.3 is 15.4 Å². The van der Waals surface area contributed by atoms with Gasteiger partial charge in [-0.25, -0.2) is 4.79 Å². The summed E-state index contributed by atoms with van der Waals surface area (Å²) < 4.78 is 5.58. The van der Waals surface area contributed by atoms with E-state index in [2.05, 4.69) is 31.3 Å². The Bertz CT molecular complexity index is 689. The van der Waals surface area contributed by atoms with Crippen LogP contribution < -0.4 is 10.6 Å². The van der Waals surface area contributed by atoms with Gasteiger partial charge in [0.2, 0.25) is 5.91 Å². The second kappa shape index (κ2) is 7.61. The molecule has 2 rings (SSSR count). The minimum absolute atomic E-state index is 0.124. The van der Waals surface area contributed by atoms with Crippen LogP contribution in [0.2, 0.25) is 0 Å². The number of anilines is 2. The van der Waals surface area contributed by atoms with Crippen LogP contribution in [0, 0.1) is 0 Å². The molecule has 0 spiro atoms. The van der Waals surface area contributed by atoms with Crippen molar-refractivity contribution in [3.63, 3.8) is 0 Å². The van der Waals surface area contributed by atoms with E-state index in [9.17, 15) is 9.59 Å². The van der Waals surface area contributed by atoms with Crippen molar-refractivity contribution in [1.82, 2.24) is 0 Å². The molecular formula is C16H15BrN2O3. The summed E-state index contributed by atoms with van der Waals surface area (Å²) in [5, 5.41) is 5.75. The first kappa shape index (κ1) is 16.0. The fourth-order valence-corrected chi connectivity index (χ4v) is 2.23. The zero-order valence-electron chi connectivity index (χ0n) is 11.9. The minimum atomic E-state index is -0.441. The average molecular weight is 363 g/mol. The third-order valence-corrected chi connectivity index (χ3v) is 3.34. The summed E-state index contributed by atoms with van der Waals surface area (Å²) in [5.41, 5.74) is 1.78. The Balaban J connectivity index is 1.93. The van der Waals surface area contributed by atoms with E-state index in [1.165, 1.54) is 7.11 Å². The van der Waals surface area contributed by atoms with E-state index in [1.807, 2.05) is 24.3 Å².